The van der Waals surface area contributed by atoms with Gasteiger partial charge in [-0.25, -0.2) is 4.79 Å². The molecule has 0 bridgehead atoms. The number of nitrogens with zero attached hydrogens (tertiary/aromatic N) is 5. The summed E-state index contributed by atoms with van der Waals surface area (Å²) in [5.41, 5.74) is 0.921. The molecule has 1 N–H and O–H groups in total. The summed E-state index contributed by atoms with van der Waals surface area (Å²) in [5.74, 6) is 0.0705. The van der Waals surface area contributed by atoms with Gasteiger partial charge in [0.2, 0.25) is 0 Å². The number of nitro groups is 1. The highest BCUT2D eigenvalue weighted by Crippen LogP contribution is 2.32. The van der Waals surface area contributed by atoms with Crippen LogP contribution >= 0.6 is 0 Å². The average Bonchev–Trinajstić information content (AvgIpc) is 3.47. The van der Waals surface area contributed by atoms with Gasteiger partial charge in [0.15, 0.2) is 5.60 Å². The van der Waals surface area contributed by atoms with Gasteiger partial charge in [-0.1, -0.05) is 12.1 Å². The van der Waals surface area contributed by atoms with E-state index in [4.69, 9.17) is 9.47 Å². The molecule has 1 saturated heterocycles. The number of nitrogens with one attached hydrogen (secondary N) is 1. The molecule has 1 atom stereocenters. The van der Waals surface area contributed by atoms with Crippen LogP contribution in [0.1, 0.15) is 12.5 Å². The van der Waals surface area contributed by atoms with Crippen LogP contribution in [-0.4, -0.2) is 70.2 Å². The smallest absolute Gasteiger partial charge is 0.489 e. The number of halogens is 3. The van der Waals surface area contributed by atoms with Crippen molar-refractivity contribution < 1.29 is 37.1 Å². The van der Waals surface area contributed by atoms with Crippen molar-refractivity contribution in [3.63, 3.8) is 0 Å². The van der Waals surface area contributed by atoms with E-state index in [-0.39, 0.29) is 36.8 Å². The minimum absolute atomic E-state index is 0.180. The maximum absolute atomic E-state index is 12.6. The number of anilines is 1. The number of imidazole rings is 1. The van der Waals surface area contributed by atoms with Gasteiger partial charge in [0.05, 0.1) is 6.54 Å². The second-order valence-electron chi connectivity index (χ2n) is 9.93. The molecule has 5 rings (SSSR count). The van der Waals surface area contributed by atoms with Crippen LogP contribution in [0.2, 0.25) is 0 Å². The molecular formula is C26H27F3N6O6. The van der Waals surface area contributed by atoms with Crippen molar-refractivity contribution in [1.29, 1.82) is 0 Å². The Hall–Kier alpha value is -4.69. The molecule has 1 aromatic heterocycles. The Bertz CT molecular complexity index is 1360. The van der Waals surface area contributed by atoms with Gasteiger partial charge in [-0.2, -0.15) is 0 Å². The first kappa shape index (κ1) is 27.9. The highest BCUT2D eigenvalue weighted by molar-refractivity contribution is 5.74. The average molecular weight is 577 g/mol. The topological polar surface area (TPSA) is 124 Å². The largest absolute Gasteiger partial charge is 0.573 e. The number of carbonyl (C=O) groups excluding carboxylic acids is 1. The first-order valence-electron chi connectivity index (χ1n) is 12.7. The van der Waals surface area contributed by atoms with Crippen molar-refractivity contribution >= 4 is 17.5 Å². The van der Waals surface area contributed by atoms with Crippen LogP contribution < -0.4 is 24.4 Å². The van der Waals surface area contributed by atoms with Crippen molar-refractivity contribution in [2.45, 2.75) is 32.0 Å². The molecule has 1 unspecified atom stereocenters. The quantitative estimate of drug-likeness (QED) is 0.316. The molecule has 2 aliphatic heterocycles. The van der Waals surface area contributed by atoms with E-state index in [0.717, 1.165) is 5.69 Å². The molecule has 2 amide bonds. The Labute approximate surface area is 232 Å². The number of hydrogen-bond donors (Lipinski definition) is 1. The molecule has 3 aromatic rings. The van der Waals surface area contributed by atoms with Crippen molar-refractivity contribution in [3.8, 4) is 17.5 Å². The summed E-state index contributed by atoms with van der Waals surface area (Å²) in [7, 11) is 0. The molecule has 15 heteroatoms. The van der Waals surface area contributed by atoms with E-state index in [2.05, 4.69) is 19.9 Å². The third kappa shape index (κ3) is 6.91. The maximum Gasteiger partial charge on any atom is 0.573 e. The van der Waals surface area contributed by atoms with Crippen molar-refractivity contribution in [2.75, 3.05) is 37.7 Å². The van der Waals surface area contributed by atoms with Crippen LogP contribution in [0.3, 0.4) is 0 Å². The zero-order valence-electron chi connectivity index (χ0n) is 22.0. The Morgan fingerprint density at radius 1 is 1.10 bits per heavy atom. The molecule has 2 aromatic carbocycles. The second-order valence-corrected chi connectivity index (χ2v) is 9.93. The molecular weight excluding hydrogens is 549 g/mol. The maximum atomic E-state index is 12.6. The highest BCUT2D eigenvalue weighted by Gasteiger charge is 2.41. The first-order chi connectivity index (χ1) is 19.5. The van der Waals surface area contributed by atoms with Gasteiger partial charge in [0.1, 0.15) is 24.3 Å². The number of piperazine rings is 1. The number of ether oxygens (including phenoxy) is 3. The molecule has 1 fully saturated rings. The number of alkyl halides is 3. The van der Waals surface area contributed by atoms with Crippen molar-refractivity contribution in [1.82, 2.24) is 19.8 Å². The molecule has 12 nitrogen and oxygen atoms in total. The van der Waals surface area contributed by atoms with E-state index in [0.29, 0.717) is 44.0 Å². The fourth-order valence-electron chi connectivity index (χ4n) is 4.61. The second kappa shape index (κ2) is 11.1. The monoisotopic (exact) mass is 576 g/mol. The minimum atomic E-state index is -4.75. The Balaban J connectivity index is 1.04. The van der Waals surface area contributed by atoms with E-state index in [9.17, 15) is 28.1 Å². The van der Waals surface area contributed by atoms with Gasteiger partial charge < -0.3 is 39.4 Å². The Morgan fingerprint density at radius 2 is 1.76 bits per heavy atom. The van der Waals surface area contributed by atoms with Gasteiger partial charge in [0, 0.05) is 43.4 Å². The molecule has 0 radical (unpaired) electrons. The molecule has 3 heterocycles. The minimum Gasteiger partial charge on any atom is -0.489 e. The van der Waals surface area contributed by atoms with Crippen molar-refractivity contribution in [2.24, 2.45) is 0 Å². The number of amides is 2. The Morgan fingerprint density at radius 3 is 2.37 bits per heavy atom. The van der Waals surface area contributed by atoms with Crippen LogP contribution in [0.25, 0.3) is 0 Å². The summed E-state index contributed by atoms with van der Waals surface area (Å²) in [6.07, 6.45) is -3.41. The van der Waals surface area contributed by atoms with Gasteiger partial charge in [-0.15, -0.1) is 13.2 Å². The van der Waals surface area contributed by atoms with E-state index >= 15 is 0 Å². The summed E-state index contributed by atoms with van der Waals surface area (Å²) in [5, 5.41) is 13.7. The highest BCUT2D eigenvalue weighted by atomic mass is 19.4. The molecule has 0 spiro atoms. The summed E-state index contributed by atoms with van der Waals surface area (Å²) < 4.78 is 54.0. The predicted octanol–water partition coefficient (Wildman–Crippen LogP) is 3.95. The lowest BCUT2D eigenvalue weighted by atomic mass is 10.1. The van der Waals surface area contributed by atoms with Gasteiger partial charge in [0.25, 0.3) is 0 Å². The standard InChI is InChI=1S/C26H27F3N6O6/c1-25(16-34-15-22(35(37)38)31-24(34)41-25)17-39-20-8-4-19(5-9-20)32-10-12-33(13-11-32)23(36)30-14-18-2-6-21(7-3-18)40-26(27,28)29/h2-9,15H,10-14,16-17H2,1H3,(H,30,36). The van der Waals surface area contributed by atoms with Gasteiger partial charge in [-0.05, 0) is 53.8 Å². The molecule has 41 heavy (non-hydrogen) atoms. The predicted molar refractivity (Wildman–Crippen MR) is 139 cm³/mol. The van der Waals surface area contributed by atoms with E-state index in [1.807, 2.05) is 31.2 Å². The SMILES string of the molecule is CC1(COc2ccc(N3CCN(C(=O)NCc4ccc(OC(F)(F)F)cc4)CC3)cc2)Cn2cc([N+](=O)[O-])nc2O1. The summed E-state index contributed by atoms with van der Waals surface area (Å²) in [6.45, 7) is 4.89. The molecule has 0 aliphatic carbocycles. The third-order valence-electron chi connectivity index (χ3n) is 6.67. The molecule has 2 aliphatic rings. The zero-order chi connectivity index (χ0) is 29.2. The number of hydrogen-bond acceptors (Lipinski definition) is 8. The van der Waals surface area contributed by atoms with Gasteiger partial charge in [-0.3, -0.25) is 4.57 Å². The number of fused-ring (bicyclic) bond motifs is 1. The van der Waals surface area contributed by atoms with E-state index in [1.165, 1.54) is 30.5 Å². The van der Waals surface area contributed by atoms with Gasteiger partial charge >= 0.3 is 24.2 Å². The van der Waals surface area contributed by atoms with Crippen molar-refractivity contribution in [3.05, 3.63) is 70.4 Å². The van der Waals surface area contributed by atoms with E-state index in [1.54, 1.807) is 9.47 Å². The lowest BCUT2D eigenvalue weighted by Gasteiger charge is -2.36. The van der Waals surface area contributed by atoms with Crippen LogP contribution in [-0.2, 0) is 13.1 Å². The van der Waals surface area contributed by atoms with Crippen LogP contribution in [0.15, 0.2) is 54.7 Å². The number of aromatic nitrogens is 2. The fraction of sp³-hybridized carbons (Fsp3) is 0.385. The number of urea groups is 1. The number of carbonyl (C=O) groups is 1. The lowest BCUT2D eigenvalue weighted by molar-refractivity contribution is -0.389. The normalized spacial score (nSPS) is 18.4. The first-order valence-corrected chi connectivity index (χ1v) is 12.7. The third-order valence-corrected chi connectivity index (χ3v) is 6.67. The van der Waals surface area contributed by atoms with Crippen LogP contribution in [0.5, 0.6) is 17.5 Å². The fourth-order valence-corrected chi connectivity index (χ4v) is 4.61. The molecule has 218 valence electrons. The zero-order valence-corrected chi connectivity index (χ0v) is 22.0. The molecule has 0 saturated carbocycles. The number of rotatable bonds is 8. The summed E-state index contributed by atoms with van der Waals surface area (Å²) in [6, 6.07) is 12.9. The number of benzene rings is 2. The van der Waals surface area contributed by atoms with E-state index < -0.39 is 16.9 Å². The van der Waals surface area contributed by atoms with Crippen LogP contribution in [0, 0.1) is 10.1 Å². The summed E-state index contributed by atoms with van der Waals surface area (Å²) in [4.78, 5) is 30.6. The summed E-state index contributed by atoms with van der Waals surface area (Å²) >= 11 is 0. The Kier molecular flexibility index (Phi) is 7.51. The van der Waals surface area contributed by atoms with Crippen LogP contribution in [0.4, 0.5) is 29.5 Å². The lowest BCUT2D eigenvalue weighted by Crippen LogP contribution is -2.51.